The lowest BCUT2D eigenvalue weighted by Crippen LogP contribution is -2.44. The van der Waals surface area contributed by atoms with Gasteiger partial charge in [0.2, 0.25) is 11.8 Å². The van der Waals surface area contributed by atoms with Gasteiger partial charge in [-0.15, -0.1) is 0 Å². The fourth-order valence-corrected chi connectivity index (χ4v) is 4.83. The van der Waals surface area contributed by atoms with Gasteiger partial charge >= 0.3 is 5.97 Å². The van der Waals surface area contributed by atoms with E-state index < -0.39 is 23.7 Å². The number of amides is 2. The second-order valence-corrected chi connectivity index (χ2v) is 9.12. The van der Waals surface area contributed by atoms with Crippen molar-refractivity contribution in [1.29, 1.82) is 5.26 Å². The molecule has 0 aromatic heterocycles. The molecule has 0 saturated carbocycles. The molecular formula is C24H21Cl2N3O4S. The molecule has 1 heterocycles. The number of benzene rings is 2. The van der Waals surface area contributed by atoms with Crippen LogP contribution >= 0.6 is 35.0 Å². The Bertz CT molecular complexity index is 1210. The van der Waals surface area contributed by atoms with Crippen molar-refractivity contribution in [2.24, 2.45) is 5.92 Å². The van der Waals surface area contributed by atoms with Crippen molar-refractivity contribution in [3.05, 3.63) is 74.2 Å². The number of rotatable bonds is 7. The number of hydrogen-bond donors (Lipinski definition) is 2. The summed E-state index contributed by atoms with van der Waals surface area (Å²) >= 11 is 13.5. The van der Waals surface area contributed by atoms with E-state index in [4.69, 9.17) is 27.9 Å². The van der Waals surface area contributed by atoms with E-state index in [0.29, 0.717) is 21.3 Å². The van der Waals surface area contributed by atoms with Gasteiger partial charge in [0.05, 0.1) is 29.0 Å². The average molecular weight is 518 g/mol. The van der Waals surface area contributed by atoms with Gasteiger partial charge in [0.25, 0.3) is 0 Å². The molecule has 10 heteroatoms. The maximum atomic E-state index is 13.0. The van der Waals surface area contributed by atoms with Gasteiger partial charge in [-0.05, 0) is 43.2 Å². The number of nitrogens with zero attached hydrogens (tertiary/aromatic N) is 1. The quantitative estimate of drug-likeness (QED) is 0.403. The lowest BCUT2D eigenvalue weighted by Gasteiger charge is -2.31. The number of hydrogen-bond acceptors (Lipinski definition) is 6. The maximum absolute atomic E-state index is 13.0. The Labute approximate surface area is 211 Å². The number of thioether (sulfide) groups is 1. The Hall–Kier alpha value is -2.99. The third-order valence-corrected chi connectivity index (χ3v) is 6.97. The van der Waals surface area contributed by atoms with Gasteiger partial charge in [-0.1, -0.05) is 59.2 Å². The Balaban J connectivity index is 1.92. The van der Waals surface area contributed by atoms with Crippen LogP contribution in [0.3, 0.4) is 0 Å². The van der Waals surface area contributed by atoms with Gasteiger partial charge in [-0.3, -0.25) is 14.4 Å². The van der Waals surface area contributed by atoms with Gasteiger partial charge in [0.15, 0.2) is 0 Å². The summed E-state index contributed by atoms with van der Waals surface area (Å²) in [5, 5.41) is 16.4. The first-order valence-electron chi connectivity index (χ1n) is 10.3. The zero-order valence-corrected chi connectivity index (χ0v) is 20.7. The summed E-state index contributed by atoms with van der Waals surface area (Å²) in [7, 11) is 0. The molecule has 2 amide bonds. The molecule has 7 nitrogen and oxygen atoms in total. The summed E-state index contributed by atoms with van der Waals surface area (Å²) in [6.45, 7) is 3.49. The molecule has 2 aromatic rings. The first kappa shape index (κ1) is 25.6. The van der Waals surface area contributed by atoms with E-state index in [-0.39, 0.29) is 28.9 Å². The molecule has 0 aliphatic carbocycles. The van der Waals surface area contributed by atoms with E-state index in [9.17, 15) is 19.6 Å². The monoisotopic (exact) mass is 517 g/mol. The van der Waals surface area contributed by atoms with Crippen LogP contribution in [-0.2, 0) is 19.1 Å². The van der Waals surface area contributed by atoms with Crippen molar-refractivity contribution in [2.75, 3.05) is 17.7 Å². The summed E-state index contributed by atoms with van der Waals surface area (Å²) < 4.78 is 5.10. The Kier molecular flexibility index (Phi) is 8.61. The van der Waals surface area contributed by atoms with Crippen LogP contribution in [0.2, 0.25) is 10.0 Å². The highest BCUT2D eigenvalue weighted by atomic mass is 35.5. The van der Waals surface area contributed by atoms with Crippen molar-refractivity contribution in [3.63, 3.8) is 0 Å². The summed E-state index contributed by atoms with van der Waals surface area (Å²) in [5.74, 6) is -4.07. The summed E-state index contributed by atoms with van der Waals surface area (Å²) in [6, 6.07) is 14.0. The first-order chi connectivity index (χ1) is 16.3. The number of halogens is 2. The molecule has 2 N–H and O–H groups in total. The van der Waals surface area contributed by atoms with Crippen molar-refractivity contribution >= 4 is 58.4 Å². The number of carbonyl (C=O) groups excluding carboxylic acids is 3. The number of allylic oxidation sites excluding steroid dienone is 1. The van der Waals surface area contributed by atoms with Crippen LogP contribution in [-0.4, -0.2) is 30.1 Å². The molecule has 0 spiro atoms. The first-order valence-corrected chi connectivity index (χ1v) is 12.1. The highest BCUT2D eigenvalue weighted by Gasteiger charge is 2.45. The van der Waals surface area contributed by atoms with Gasteiger partial charge in [0, 0.05) is 21.7 Å². The molecule has 34 heavy (non-hydrogen) atoms. The zero-order chi connectivity index (χ0) is 24.8. The minimum absolute atomic E-state index is 0.0775. The smallest absolute Gasteiger partial charge is 0.319 e. The third-order valence-electron chi connectivity index (χ3n) is 5.20. The minimum Gasteiger partial charge on any atom is -0.465 e. The van der Waals surface area contributed by atoms with Gasteiger partial charge in [-0.2, -0.15) is 5.26 Å². The fourth-order valence-electron chi connectivity index (χ4n) is 3.55. The zero-order valence-electron chi connectivity index (χ0n) is 18.4. The number of esters is 1. The van der Waals surface area contributed by atoms with Crippen molar-refractivity contribution < 1.29 is 19.1 Å². The standard InChI is InChI=1S/C24H21Cl2N3O4S/c1-3-33-24(32)21-20(14-7-4-5-8-17(14)26)15(11-27)23(29-22(21)31)34-12-19(30)28-18-10-6-9-16(25)13(18)2/h4-10,20-21H,3,12H2,1-2H3,(H,28,30)(H,29,31)/t20-,21+/m1/s1. The highest BCUT2D eigenvalue weighted by Crippen LogP contribution is 2.42. The van der Waals surface area contributed by atoms with E-state index in [1.54, 1.807) is 56.3 Å². The maximum Gasteiger partial charge on any atom is 0.319 e. The largest absolute Gasteiger partial charge is 0.465 e. The number of anilines is 1. The molecule has 0 unspecified atom stereocenters. The number of nitriles is 1. The lowest BCUT2D eigenvalue weighted by atomic mass is 9.78. The number of carbonyl (C=O) groups is 3. The number of ether oxygens (including phenoxy) is 1. The van der Waals surface area contributed by atoms with Crippen molar-refractivity contribution in [1.82, 2.24) is 5.32 Å². The molecule has 0 radical (unpaired) electrons. The molecular weight excluding hydrogens is 497 g/mol. The molecule has 0 bridgehead atoms. The van der Waals surface area contributed by atoms with Crippen LogP contribution in [0.15, 0.2) is 53.1 Å². The third kappa shape index (κ3) is 5.55. The fraction of sp³-hybridized carbons (Fsp3) is 0.250. The normalized spacial score (nSPS) is 17.6. The van der Waals surface area contributed by atoms with Gasteiger partial charge in [-0.25, -0.2) is 0 Å². The summed E-state index contributed by atoms with van der Waals surface area (Å²) in [5.41, 5.74) is 1.87. The predicted molar refractivity (Wildman–Crippen MR) is 132 cm³/mol. The molecule has 2 aromatic carbocycles. The minimum atomic E-state index is -1.29. The molecule has 0 saturated heterocycles. The van der Waals surface area contributed by atoms with Crippen molar-refractivity contribution in [3.8, 4) is 6.07 Å². The van der Waals surface area contributed by atoms with Crippen LogP contribution in [0, 0.1) is 24.2 Å². The van der Waals surface area contributed by atoms with Gasteiger partial charge < -0.3 is 15.4 Å². The predicted octanol–water partition coefficient (Wildman–Crippen LogP) is 4.80. The molecule has 2 atom stereocenters. The lowest BCUT2D eigenvalue weighted by molar-refractivity contribution is -0.152. The molecule has 0 fully saturated rings. The van der Waals surface area contributed by atoms with E-state index in [0.717, 1.165) is 17.3 Å². The van der Waals surface area contributed by atoms with Crippen LogP contribution < -0.4 is 10.6 Å². The van der Waals surface area contributed by atoms with Crippen LogP contribution in [0.4, 0.5) is 5.69 Å². The molecule has 1 aliphatic rings. The van der Waals surface area contributed by atoms with Crippen LogP contribution in [0.5, 0.6) is 0 Å². The number of nitrogens with one attached hydrogen (secondary N) is 2. The average Bonchev–Trinajstić information content (AvgIpc) is 2.80. The van der Waals surface area contributed by atoms with E-state index in [1.165, 1.54) is 0 Å². The molecule has 1 aliphatic heterocycles. The summed E-state index contributed by atoms with van der Waals surface area (Å²) in [4.78, 5) is 38.2. The van der Waals surface area contributed by atoms with Crippen LogP contribution in [0.25, 0.3) is 0 Å². The topological polar surface area (TPSA) is 108 Å². The highest BCUT2D eigenvalue weighted by molar-refractivity contribution is 8.03. The van der Waals surface area contributed by atoms with Crippen molar-refractivity contribution in [2.45, 2.75) is 19.8 Å². The Morgan fingerprint density at radius 1 is 1.18 bits per heavy atom. The van der Waals surface area contributed by atoms with Gasteiger partial charge in [0.1, 0.15) is 5.92 Å². The van der Waals surface area contributed by atoms with E-state index in [2.05, 4.69) is 16.7 Å². The Morgan fingerprint density at radius 2 is 1.88 bits per heavy atom. The second kappa shape index (κ2) is 11.4. The summed E-state index contributed by atoms with van der Waals surface area (Å²) in [6.07, 6.45) is 0. The van der Waals surface area contributed by atoms with E-state index in [1.807, 2.05) is 0 Å². The SMILES string of the molecule is CCOC(=O)[C@@H]1C(=O)NC(SCC(=O)Nc2cccc(Cl)c2C)=C(C#N)[C@H]1c1ccccc1Cl. The molecule has 176 valence electrons. The van der Waals surface area contributed by atoms with E-state index >= 15 is 0 Å². The second-order valence-electron chi connectivity index (χ2n) is 7.32. The molecule has 3 rings (SSSR count). The Morgan fingerprint density at radius 3 is 2.56 bits per heavy atom. The van der Waals surface area contributed by atoms with Crippen LogP contribution in [0.1, 0.15) is 24.0 Å².